The van der Waals surface area contributed by atoms with Crippen LogP contribution in [0.25, 0.3) is 0 Å². The van der Waals surface area contributed by atoms with E-state index < -0.39 is 15.4 Å². The Kier molecular flexibility index (Phi) is 7.49. The van der Waals surface area contributed by atoms with Crippen LogP contribution in [0.1, 0.15) is 28.1 Å². The summed E-state index contributed by atoms with van der Waals surface area (Å²) in [6, 6.07) is 0. The summed E-state index contributed by atoms with van der Waals surface area (Å²) in [5, 5.41) is -0.572. The van der Waals surface area contributed by atoms with E-state index in [1.807, 2.05) is 0 Å². The fourth-order valence-electron chi connectivity index (χ4n) is 0.710. The number of rotatable bonds is 3. The molecule has 0 aromatic rings. The molecule has 1 N–H and O–H groups in total. The molecule has 10 heavy (non-hydrogen) atoms. The average molecular weight is 176 g/mol. The first-order valence-electron chi connectivity index (χ1n) is 2.98. The van der Waals surface area contributed by atoms with E-state index in [-0.39, 0.29) is 31.0 Å². The first-order chi connectivity index (χ1) is 4.02. The van der Waals surface area contributed by atoms with Crippen molar-refractivity contribution in [2.24, 2.45) is 0 Å². The fraction of sp³-hybridized carbons (Fsp3) is 1.00. The van der Waals surface area contributed by atoms with Crippen LogP contribution < -0.4 is 29.6 Å². The quantitative estimate of drug-likeness (QED) is 0.407. The predicted octanol–water partition coefficient (Wildman–Crippen LogP) is -1.82. The average Bonchev–Trinajstić information content (AvgIpc) is 1.65. The molecule has 0 unspecified atom stereocenters. The van der Waals surface area contributed by atoms with Gasteiger partial charge >= 0.3 is 29.6 Å². The van der Waals surface area contributed by atoms with Gasteiger partial charge in [0.15, 0.2) is 0 Å². The first kappa shape index (κ1) is 13.5. The molecule has 58 valence electrons. The Morgan fingerprint density at radius 1 is 1.40 bits per heavy atom. The third kappa shape index (κ3) is 4.68. The standard InChI is InChI=1S/C5H12O3S.Na.H/c1-3-5(4-2)9(6,7)8;;/h5H,3-4H2,1-2H3,(H,6,7,8);;/q;+1;-1. The van der Waals surface area contributed by atoms with Crippen molar-refractivity contribution in [1.82, 2.24) is 0 Å². The SMILES string of the molecule is CCC(CC)S(=O)(=O)O.[H-].[Na+]. The molecule has 0 amide bonds. The molecule has 3 nitrogen and oxygen atoms in total. The largest absolute Gasteiger partial charge is 1.00 e. The monoisotopic (exact) mass is 176 g/mol. The van der Waals surface area contributed by atoms with Crippen LogP contribution in [0.15, 0.2) is 0 Å². The van der Waals surface area contributed by atoms with Crippen molar-refractivity contribution in [2.75, 3.05) is 0 Å². The van der Waals surface area contributed by atoms with Crippen LogP contribution in [0, 0.1) is 0 Å². The van der Waals surface area contributed by atoms with Crippen molar-refractivity contribution < 1.29 is 44.0 Å². The number of hydrogen-bond acceptors (Lipinski definition) is 2. The summed E-state index contributed by atoms with van der Waals surface area (Å²) >= 11 is 0. The molecule has 0 aromatic heterocycles. The van der Waals surface area contributed by atoms with Gasteiger partial charge in [0.05, 0.1) is 5.25 Å². The first-order valence-corrected chi connectivity index (χ1v) is 4.49. The molecule has 0 spiro atoms. The molecule has 0 radical (unpaired) electrons. The minimum atomic E-state index is -3.77. The summed E-state index contributed by atoms with van der Waals surface area (Å²) in [7, 11) is -3.77. The van der Waals surface area contributed by atoms with Gasteiger partial charge in [-0.2, -0.15) is 8.42 Å². The van der Waals surface area contributed by atoms with E-state index in [9.17, 15) is 8.42 Å². The zero-order valence-corrected chi connectivity index (χ0v) is 9.48. The zero-order valence-electron chi connectivity index (χ0n) is 7.66. The summed E-state index contributed by atoms with van der Waals surface area (Å²) < 4.78 is 29.1. The van der Waals surface area contributed by atoms with Gasteiger partial charge in [-0.05, 0) is 12.8 Å². The summed E-state index contributed by atoms with van der Waals surface area (Å²) in [6.45, 7) is 3.48. The van der Waals surface area contributed by atoms with Gasteiger partial charge in [-0.3, -0.25) is 4.55 Å². The normalized spacial score (nSPS) is 11.2. The molecular formula is C5H13NaO3S. The summed E-state index contributed by atoms with van der Waals surface area (Å²) in [4.78, 5) is 0. The summed E-state index contributed by atoms with van der Waals surface area (Å²) in [6.07, 6.45) is 0.963. The van der Waals surface area contributed by atoms with E-state index in [1.165, 1.54) is 0 Å². The van der Waals surface area contributed by atoms with Crippen molar-refractivity contribution in [2.45, 2.75) is 31.9 Å². The third-order valence-corrected chi connectivity index (χ3v) is 2.84. The van der Waals surface area contributed by atoms with Gasteiger partial charge in [0.2, 0.25) is 0 Å². The van der Waals surface area contributed by atoms with E-state index in [0.29, 0.717) is 12.8 Å². The molecule has 0 aliphatic carbocycles. The minimum Gasteiger partial charge on any atom is -1.00 e. The van der Waals surface area contributed by atoms with Gasteiger partial charge in [-0.15, -0.1) is 0 Å². The van der Waals surface area contributed by atoms with Crippen molar-refractivity contribution in [3.63, 3.8) is 0 Å². The molecule has 0 fully saturated rings. The van der Waals surface area contributed by atoms with Crippen LogP contribution in [0.4, 0.5) is 0 Å². The van der Waals surface area contributed by atoms with Crippen LogP contribution in [0.3, 0.4) is 0 Å². The maximum Gasteiger partial charge on any atom is 1.00 e. The fourth-order valence-corrected chi connectivity index (χ4v) is 1.55. The van der Waals surface area contributed by atoms with Gasteiger partial charge in [0, 0.05) is 0 Å². The molecule has 0 rings (SSSR count). The van der Waals surface area contributed by atoms with Crippen molar-refractivity contribution in [3.8, 4) is 0 Å². The molecule has 0 aromatic carbocycles. The predicted molar refractivity (Wildman–Crippen MR) is 37.0 cm³/mol. The van der Waals surface area contributed by atoms with Crippen LogP contribution >= 0.6 is 0 Å². The summed E-state index contributed by atoms with van der Waals surface area (Å²) in [5.41, 5.74) is 0. The molecular weight excluding hydrogens is 163 g/mol. The van der Waals surface area contributed by atoms with Crippen molar-refractivity contribution >= 4 is 10.1 Å². The van der Waals surface area contributed by atoms with Gasteiger partial charge in [0.1, 0.15) is 0 Å². The van der Waals surface area contributed by atoms with E-state index >= 15 is 0 Å². The maximum atomic E-state index is 10.3. The number of hydrogen-bond donors (Lipinski definition) is 1. The van der Waals surface area contributed by atoms with Crippen molar-refractivity contribution in [1.29, 1.82) is 0 Å². The molecule has 0 saturated heterocycles. The van der Waals surface area contributed by atoms with Crippen LogP contribution in [-0.2, 0) is 10.1 Å². The molecule has 0 heterocycles. The van der Waals surface area contributed by atoms with E-state index in [4.69, 9.17) is 4.55 Å². The minimum absolute atomic E-state index is 0. The third-order valence-electron chi connectivity index (χ3n) is 1.33. The molecule has 0 bridgehead atoms. The Labute approximate surface area is 85.7 Å². The van der Waals surface area contributed by atoms with Gasteiger partial charge < -0.3 is 1.43 Å². The Bertz CT molecular complexity index is 165. The van der Waals surface area contributed by atoms with E-state index in [0.717, 1.165) is 0 Å². The Morgan fingerprint density at radius 2 is 1.70 bits per heavy atom. The smallest absolute Gasteiger partial charge is 1.00 e. The second-order valence-corrected chi connectivity index (χ2v) is 3.65. The Hall–Kier alpha value is 0.910. The van der Waals surface area contributed by atoms with Crippen LogP contribution in [-0.4, -0.2) is 18.2 Å². The Morgan fingerprint density at radius 3 is 1.70 bits per heavy atom. The molecule has 0 aliphatic rings. The molecule has 0 atom stereocenters. The molecule has 0 aliphatic heterocycles. The van der Waals surface area contributed by atoms with E-state index in [1.54, 1.807) is 13.8 Å². The molecule has 0 saturated carbocycles. The summed E-state index contributed by atoms with van der Waals surface area (Å²) in [5.74, 6) is 0. The topological polar surface area (TPSA) is 54.4 Å². The van der Waals surface area contributed by atoms with Crippen molar-refractivity contribution in [3.05, 3.63) is 0 Å². The maximum absolute atomic E-state index is 10.3. The van der Waals surface area contributed by atoms with E-state index in [2.05, 4.69) is 0 Å². The van der Waals surface area contributed by atoms with Gasteiger partial charge in [-0.1, -0.05) is 13.8 Å². The van der Waals surface area contributed by atoms with Crippen LogP contribution in [0.5, 0.6) is 0 Å². The Balaban J connectivity index is -0.000000320. The van der Waals surface area contributed by atoms with Gasteiger partial charge in [-0.25, -0.2) is 0 Å². The molecule has 5 heteroatoms. The zero-order chi connectivity index (χ0) is 7.49. The van der Waals surface area contributed by atoms with Gasteiger partial charge in [0.25, 0.3) is 10.1 Å². The second-order valence-electron chi connectivity index (χ2n) is 1.95. The van der Waals surface area contributed by atoms with Crippen LogP contribution in [0.2, 0.25) is 0 Å². The second kappa shape index (κ2) is 5.55.